The van der Waals surface area contributed by atoms with Crippen molar-refractivity contribution in [1.29, 1.82) is 0 Å². The van der Waals surface area contributed by atoms with Crippen LogP contribution in [0.2, 0.25) is 0 Å². The summed E-state index contributed by atoms with van der Waals surface area (Å²) in [7, 11) is 0. The van der Waals surface area contributed by atoms with Crippen LogP contribution in [-0.2, 0) is 6.54 Å². The Kier molecular flexibility index (Phi) is 6.42. The average molecular weight is 475 g/mol. The molecule has 9 heteroatoms. The van der Waals surface area contributed by atoms with Crippen LogP contribution < -0.4 is 16.5 Å². The Morgan fingerprint density at radius 2 is 1.63 bits per heavy atom. The van der Waals surface area contributed by atoms with Gasteiger partial charge in [-0.25, -0.2) is 5.43 Å². The van der Waals surface area contributed by atoms with E-state index >= 15 is 0 Å². The van der Waals surface area contributed by atoms with Gasteiger partial charge < -0.3 is 19.8 Å². The van der Waals surface area contributed by atoms with Crippen LogP contribution in [0.15, 0.2) is 63.2 Å². The number of amides is 1. The zero-order valence-electron chi connectivity index (χ0n) is 19.6. The fourth-order valence-corrected chi connectivity index (χ4v) is 4.01. The molecule has 4 N–H and O–H groups in total. The Morgan fingerprint density at radius 3 is 2.34 bits per heavy atom. The van der Waals surface area contributed by atoms with Crippen molar-refractivity contribution in [3.05, 3.63) is 80.4 Å². The van der Waals surface area contributed by atoms with E-state index in [1.807, 2.05) is 13.8 Å². The largest absolute Gasteiger partial charge is 0.506 e. The normalized spacial score (nSPS) is 11.9. The van der Waals surface area contributed by atoms with Gasteiger partial charge >= 0.3 is 0 Å². The van der Waals surface area contributed by atoms with Crippen LogP contribution >= 0.6 is 0 Å². The van der Waals surface area contributed by atoms with Gasteiger partial charge in [-0.1, -0.05) is 38.1 Å². The monoisotopic (exact) mass is 474 g/mol. The van der Waals surface area contributed by atoms with Crippen LogP contribution in [0.25, 0.3) is 21.8 Å². The van der Waals surface area contributed by atoms with E-state index in [1.165, 1.54) is 11.5 Å². The zero-order chi connectivity index (χ0) is 25.3. The molecule has 0 aliphatic heterocycles. The van der Waals surface area contributed by atoms with E-state index < -0.39 is 28.3 Å². The number of para-hydroxylation sites is 2. The molecular weight excluding hydrogens is 448 g/mol. The SMILES string of the molecule is C/C(=N/NC(=O)c1c(O)c2ccccc2n(CCC(C)C)c1=O)c1c(O)c2ccccc2[nH]c1=O. The van der Waals surface area contributed by atoms with Crippen LogP contribution in [-0.4, -0.2) is 31.4 Å². The Labute approximate surface area is 200 Å². The lowest BCUT2D eigenvalue weighted by Gasteiger charge is -2.15. The number of rotatable bonds is 6. The molecule has 2 aromatic carbocycles. The first-order valence-electron chi connectivity index (χ1n) is 11.2. The second-order valence-electron chi connectivity index (χ2n) is 8.74. The number of nitrogens with zero attached hydrogens (tertiary/aromatic N) is 2. The fraction of sp³-hybridized carbons (Fsp3) is 0.231. The maximum atomic E-state index is 13.2. The fourth-order valence-electron chi connectivity index (χ4n) is 4.01. The molecule has 0 bridgehead atoms. The molecule has 0 unspecified atom stereocenters. The van der Waals surface area contributed by atoms with Crippen molar-refractivity contribution in [2.45, 2.75) is 33.7 Å². The first-order valence-corrected chi connectivity index (χ1v) is 11.2. The summed E-state index contributed by atoms with van der Waals surface area (Å²) in [6.07, 6.45) is 0.705. The molecule has 9 nitrogen and oxygen atoms in total. The topological polar surface area (TPSA) is 137 Å². The number of aryl methyl sites for hydroxylation is 1. The van der Waals surface area contributed by atoms with E-state index in [1.54, 1.807) is 48.5 Å². The standard InChI is InChI=1S/C26H26N4O5/c1-14(2)12-13-30-19-11-7-5-9-17(19)23(32)21(26(30)35)25(34)29-28-15(3)20-22(31)16-8-4-6-10-18(16)27-24(20)33/h4-11,14,32H,12-13H2,1-3H3,(H,29,34)(H2,27,31,33)/b28-15-. The van der Waals surface area contributed by atoms with Crippen molar-refractivity contribution in [2.24, 2.45) is 11.0 Å². The van der Waals surface area contributed by atoms with Gasteiger partial charge in [-0.15, -0.1) is 0 Å². The number of hydrogen-bond acceptors (Lipinski definition) is 6. The molecule has 0 fully saturated rings. The predicted molar refractivity (Wildman–Crippen MR) is 135 cm³/mol. The van der Waals surface area contributed by atoms with Gasteiger partial charge in [0.25, 0.3) is 17.0 Å². The first-order chi connectivity index (χ1) is 16.7. The molecule has 2 heterocycles. The van der Waals surface area contributed by atoms with Crippen LogP contribution in [0.1, 0.15) is 43.1 Å². The smallest absolute Gasteiger partial charge is 0.280 e. The Hall–Kier alpha value is -4.40. The van der Waals surface area contributed by atoms with Crippen molar-refractivity contribution < 1.29 is 15.0 Å². The van der Waals surface area contributed by atoms with Gasteiger partial charge in [0.2, 0.25) is 0 Å². The summed E-state index contributed by atoms with van der Waals surface area (Å²) in [4.78, 5) is 41.4. The minimum atomic E-state index is -0.924. The summed E-state index contributed by atoms with van der Waals surface area (Å²) in [5.74, 6) is -1.31. The molecule has 0 aliphatic rings. The van der Waals surface area contributed by atoms with Gasteiger partial charge in [0, 0.05) is 17.3 Å². The van der Waals surface area contributed by atoms with E-state index in [0.29, 0.717) is 40.7 Å². The molecule has 35 heavy (non-hydrogen) atoms. The molecule has 0 saturated heterocycles. The molecule has 0 atom stereocenters. The quantitative estimate of drug-likeness (QED) is 0.251. The highest BCUT2D eigenvalue weighted by molar-refractivity contribution is 6.07. The van der Waals surface area contributed by atoms with Gasteiger partial charge in [-0.2, -0.15) is 5.10 Å². The number of aromatic amines is 1. The first kappa shape index (κ1) is 23.7. The average Bonchev–Trinajstić information content (AvgIpc) is 2.82. The number of fused-ring (bicyclic) bond motifs is 2. The molecule has 0 radical (unpaired) electrons. The third-order valence-corrected chi connectivity index (χ3v) is 5.88. The van der Waals surface area contributed by atoms with E-state index in [2.05, 4.69) is 15.5 Å². The summed E-state index contributed by atoms with van der Waals surface area (Å²) in [6.45, 7) is 5.88. The highest BCUT2D eigenvalue weighted by Crippen LogP contribution is 2.27. The second-order valence-corrected chi connectivity index (χ2v) is 8.74. The van der Waals surface area contributed by atoms with E-state index in [4.69, 9.17) is 0 Å². The number of pyridine rings is 2. The van der Waals surface area contributed by atoms with Gasteiger partial charge in [0.05, 0.1) is 16.7 Å². The third kappa shape index (κ3) is 4.40. The summed E-state index contributed by atoms with van der Waals surface area (Å²) in [5, 5.41) is 26.1. The molecule has 0 saturated carbocycles. The van der Waals surface area contributed by atoms with Crippen molar-refractivity contribution in [3.8, 4) is 11.5 Å². The lowest BCUT2D eigenvalue weighted by atomic mass is 10.1. The van der Waals surface area contributed by atoms with Crippen molar-refractivity contribution in [3.63, 3.8) is 0 Å². The van der Waals surface area contributed by atoms with Crippen molar-refractivity contribution in [1.82, 2.24) is 15.0 Å². The number of hydrazone groups is 1. The Balaban J connectivity index is 1.75. The highest BCUT2D eigenvalue weighted by Gasteiger charge is 2.23. The van der Waals surface area contributed by atoms with E-state index in [9.17, 15) is 24.6 Å². The van der Waals surface area contributed by atoms with Gasteiger partial charge in [-0.05, 0) is 43.5 Å². The molecule has 4 rings (SSSR count). The second kappa shape index (κ2) is 9.46. The van der Waals surface area contributed by atoms with Crippen molar-refractivity contribution >= 4 is 33.4 Å². The van der Waals surface area contributed by atoms with Crippen LogP contribution in [0.4, 0.5) is 0 Å². The van der Waals surface area contributed by atoms with Crippen molar-refractivity contribution in [2.75, 3.05) is 0 Å². The number of benzene rings is 2. The number of aromatic nitrogens is 2. The molecule has 0 aliphatic carbocycles. The maximum Gasteiger partial charge on any atom is 0.280 e. The molecule has 0 spiro atoms. The summed E-state index contributed by atoms with van der Waals surface area (Å²) in [5.41, 5.74) is 1.49. The van der Waals surface area contributed by atoms with Crippen LogP contribution in [0.5, 0.6) is 11.5 Å². The minimum Gasteiger partial charge on any atom is -0.506 e. The molecule has 4 aromatic rings. The summed E-state index contributed by atoms with van der Waals surface area (Å²) < 4.78 is 1.47. The number of carbonyl (C=O) groups is 1. The lowest BCUT2D eigenvalue weighted by molar-refractivity contribution is 0.0950. The Morgan fingerprint density at radius 1 is 1.00 bits per heavy atom. The van der Waals surface area contributed by atoms with Gasteiger partial charge in [0.15, 0.2) is 0 Å². The molecule has 2 aromatic heterocycles. The number of hydrogen-bond donors (Lipinski definition) is 4. The van der Waals surface area contributed by atoms with Crippen LogP contribution in [0, 0.1) is 5.92 Å². The Bertz CT molecular complexity index is 1600. The number of H-pyrrole nitrogens is 1. The predicted octanol–water partition coefficient (Wildman–Crippen LogP) is 3.45. The van der Waals surface area contributed by atoms with E-state index in [0.717, 1.165) is 0 Å². The minimum absolute atomic E-state index is 0.0308. The zero-order valence-corrected chi connectivity index (χ0v) is 19.6. The van der Waals surface area contributed by atoms with E-state index in [-0.39, 0.29) is 17.0 Å². The highest BCUT2D eigenvalue weighted by atomic mass is 16.3. The molecule has 180 valence electrons. The van der Waals surface area contributed by atoms with Gasteiger partial charge in [-0.3, -0.25) is 14.4 Å². The maximum absolute atomic E-state index is 13.2. The number of nitrogens with one attached hydrogen (secondary N) is 2. The molecular formula is C26H26N4O5. The summed E-state index contributed by atoms with van der Waals surface area (Å²) >= 11 is 0. The van der Waals surface area contributed by atoms with Crippen LogP contribution in [0.3, 0.4) is 0 Å². The summed E-state index contributed by atoms with van der Waals surface area (Å²) in [6, 6.07) is 13.5. The number of aromatic hydroxyl groups is 2. The number of carbonyl (C=O) groups excluding carboxylic acids is 1. The molecule has 1 amide bonds. The van der Waals surface area contributed by atoms with Gasteiger partial charge in [0.1, 0.15) is 22.6 Å². The third-order valence-electron chi connectivity index (χ3n) is 5.88. The lowest BCUT2D eigenvalue weighted by Crippen LogP contribution is -2.32.